The third kappa shape index (κ3) is 9.96. The molecular formula is C8H9NO4. The summed E-state index contributed by atoms with van der Waals surface area (Å²) in [7, 11) is 0. The number of carbonyl (C=O) groups excluding carboxylic acids is 1. The lowest BCUT2D eigenvalue weighted by Crippen LogP contribution is -2.06. The number of primary amides is 1. The minimum absolute atomic E-state index is 0.683. The van der Waals surface area contributed by atoms with Gasteiger partial charge in [0.25, 0.3) is 0 Å². The monoisotopic (exact) mass is 183 g/mol. The van der Waals surface area contributed by atoms with Gasteiger partial charge in [-0.25, -0.2) is 4.79 Å². The molecule has 0 radical (unpaired) electrons. The average Bonchev–Trinajstić information content (AvgIpc) is 2.57. The summed E-state index contributed by atoms with van der Waals surface area (Å²) in [4.78, 5) is 19.4. The molecule has 0 aliphatic rings. The summed E-state index contributed by atoms with van der Waals surface area (Å²) < 4.78 is 4.58. The number of nitrogens with two attached hydrogens (primary N) is 1. The van der Waals surface area contributed by atoms with Crippen LogP contribution in [0.2, 0.25) is 0 Å². The molecule has 0 spiro atoms. The molecule has 1 aromatic rings. The molecule has 0 saturated heterocycles. The van der Waals surface area contributed by atoms with Crippen LogP contribution in [0.5, 0.6) is 0 Å². The summed E-state index contributed by atoms with van der Waals surface area (Å²) in [6.45, 7) is 0. The smallest absolute Gasteiger partial charge is 0.328 e. The molecule has 0 bridgehead atoms. The van der Waals surface area contributed by atoms with Gasteiger partial charge in [0, 0.05) is 12.2 Å². The largest absolute Gasteiger partial charge is 0.478 e. The Bertz CT molecular complexity index is 243. The number of furan rings is 1. The van der Waals surface area contributed by atoms with E-state index >= 15 is 0 Å². The molecule has 0 aromatic carbocycles. The summed E-state index contributed by atoms with van der Waals surface area (Å²) in [6, 6.07) is 3.67. The molecule has 5 nitrogen and oxygen atoms in total. The second-order valence-electron chi connectivity index (χ2n) is 1.87. The van der Waals surface area contributed by atoms with Crippen LogP contribution in [-0.2, 0) is 9.59 Å². The summed E-state index contributed by atoms with van der Waals surface area (Å²) in [6.07, 6.45) is 4.71. The predicted molar refractivity (Wildman–Crippen MR) is 44.7 cm³/mol. The second-order valence-corrected chi connectivity index (χ2v) is 1.87. The summed E-state index contributed by atoms with van der Waals surface area (Å²) in [5, 5.41) is 7.87. The highest BCUT2D eigenvalue weighted by Gasteiger charge is 1.86. The number of hydrogen-bond donors (Lipinski definition) is 2. The van der Waals surface area contributed by atoms with Crippen molar-refractivity contribution in [1.82, 2.24) is 0 Å². The van der Waals surface area contributed by atoms with Crippen LogP contribution in [0.3, 0.4) is 0 Å². The number of carboxylic acid groups (broad SMARTS) is 1. The van der Waals surface area contributed by atoms with E-state index in [-0.39, 0.29) is 0 Å². The van der Waals surface area contributed by atoms with Gasteiger partial charge in [-0.05, 0) is 12.1 Å². The van der Waals surface area contributed by atoms with Gasteiger partial charge in [0.15, 0.2) is 0 Å². The zero-order valence-corrected chi connectivity index (χ0v) is 6.71. The average molecular weight is 183 g/mol. The molecule has 1 rings (SSSR count). The Morgan fingerprint density at radius 3 is 1.92 bits per heavy atom. The van der Waals surface area contributed by atoms with E-state index in [9.17, 15) is 9.59 Å². The molecule has 1 heterocycles. The van der Waals surface area contributed by atoms with Crippen LogP contribution in [-0.4, -0.2) is 17.0 Å². The first-order valence-electron chi connectivity index (χ1n) is 3.30. The quantitative estimate of drug-likeness (QED) is 0.648. The molecule has 0 aliphatic heterocycles. The molecule has 3 N–H and O–H groups in total. The van der Waals surface area contributed by atoms with Crippen molar-refractivity contribution in [2.24, 2.45) is 5.73 Å². The Labute approximate surface area is 74.5 Å². The van der Waals surface area contributed by atoms with Gasteiger partial charge < -0.3 is 15.3 Å². The SMILES string of the molecule is NC(=O)/C=C\C(=O)O.c1ccoc1. The number of rotatable bonds is 2. The van der Waals surface area contributed by atoms with Gasteiger partial charge >= 0.3 is 5.97 Å². The molecule has 0 unspecified atom stereocenters. The van der Waals surface area contributed by atoms with Gasteiger partial charge in [0.1, 0.15) is 0 Å². The number of amides is 1. The highest BCUT2D eigenvalue weighted by atomic mass is 16.4. The Morgan fingerprint density at radius 2 is 1.77 bits per heavy atom. The van der Waals surface area contributed by atoms with Gasteiger partial charge in [-0.15, -0.1) is 0 Å². The molecule has 1 amide bonds. The van der Waals surface area contributed by atoms with E-state index in [0.29, 0.717) is 6.08 Å². The van der Waals surface area contributed by atoms with Gasteiger partial charge in [0.2, 0.25) is 5.91 Å². The van der Waals surface area contributed by atoms with Gasteiger partial charge in [-0.1, -0.05) is 0 Å². The fraction of sp³-hybridized carbons (Fsp3) is 0. The topological polar surface area (TPSA) is 93.5 Å². The van der Waals surface area contributed by atoms with E-state index in [1.54, 1.807) is 12.5 Å². The Morgan fingerprint density at radius 1 is 1.23 bits per heavy atom. The second kappa shape index (κ2) is 6.66. The Balaban J connectivity index is 0.000000243. The first kappa shape index (κ1) is 11.0. The maximum atomic E-state index is 9.78. The van der Waals surface area contributed by atoms with Gasteiger partial charge in [-0.2, -0.15) is 0 Å². The van der Waals surface area contributed by atoms with Crippen molar-refractivity contribution in [1.29, 1.82) is 0 Å². The number of carbonyl (C=O) groups is 2. The van der Waals surface area contributed by atoms with Crippen molar-refractivity contribution in [3.8, 4) is 0 Å². The van der Waals surface area contributed by atoms with Crippen molar-refractivity contribution in [2.75, 3.05) is 0 Å². The van der Waals surface area contributed by atoms with Crippen LogP contribution < -0.4 is 5.73 Å². The third-order valence-electron chi connectivity index (χ3n) is 0.816. The zero-order valence-electron chi connectivity index (χ0n) is 6.71. The minimum Gasteiger partial charge on any atom is -0.478 e. The van der Waals surface area contributed by atoms with Crippen molar-refractivity contribution in [3.63, 3.8) is 0 Å². The van der Waals surface area contributed by atoms with E-state index in [1.807, 2.05) is 12.1 Å². The van der Waals surface area contributed by atoms with E-state index in [2.05, 4.69) is 10.2 Å². The summed E-state index contributed by atoms with van der Waals surface area (Å²) in [5.41, 5.74) is 4.55. The number of hydrogen-bond acceptors (Lipinski definition) is 3. The van der Waals surface area contributed by atoms with Crippen LogP contribution >= 0.6 is 0 Å². The minimum atomic E-state index is -1.18. The molecule has 0 saturated carbocycles. The van der Waals surface area contributed by atoms with Crippen LogP contribution in [0.1, 0.15) is 0 Å². The van der Waals surface area contributed by atoms with Crippen molar-refractivity contribution in [3.05, 3.63) is 36.8 Å². The fourth-order valence-corrected chi connectivity index (χ4v) is 0.380. The van der Waals surface area contributed by atoms with E-state index in [1.165, 1.54) is 0 Å². The van der Waals surface area contributed by atoms with Gasteiger partial charge in [0.05, 0.1) is 12.5 Å². The third-order valence-corrected chi connectivity index (χ3v) is 0.816. The van der Waals surface area contributed by atoms with Crippen LogP contribution in [0.15, 0.2) is 41.2 Å². The highest BCUT2D eigenvalue weighted by Crippen LogP contribution is 1.79. The lowest BCUT2D eigenvalue weighted by atomic mass is 10.5. The molecular weight excluding hydrogens is 174 g/mol. The summed E-state index contributed by atoms with van der Waals surface area (Å²) >= 11 is 0. The molecule has 0 aliphatic carbocycles. The molecule has 0 fully saturated rings. The molecule has 1 aromatic heterocycles. The van der Waals surface area contributed by atoms with Crippen LogP contribution in [0.25, 0.3) is 0 Å². The first-order chi connectivity index (χ1) is 6.13. The number of carboxylic acids is 1. The standard InChI is InChI=1S/C4H5NO3.C4H4O/c5-3(6)1-2-4(7)8;1-2-4-5-3-1/h1-2H,(H2,5,6)(H,7,8);1-4H/b2-1-;. The molecule has 0 atom stereocenters. The first-order valence-corrected chi connectivity index (χ1v) is 3.30. The van der Waals surface area contributed by atoms with E-state index < -0.39 is 11.9 Å². The molecule has 13 heavy (non-hydrogen) atoms. The van der Waals surface area contributed by atoms with E-state index in [0.717, 1.165) is 6.08 Å². The van der Waals surface area contributed by atoms with Gasteiger partial charge in [-0.3, -0.25) is 4.79 Å². The molecule has 5 heteroatoms. The van der Waals surface area contributed by atoms with Crippen LogP contribution in [0.4, 0.5) is 0 Å². The lowest BCUT2D eigenvalue weighted by molar-refractivity contribution is -0.131. The van der Waals surface area contributed by atoms with Crippen molar-refractivity contribution < 1.29 is 19.1 Å². The Hall–Kier alpha value is -2.04. The summed E-state index contributed by atoms with van der Waals surface area (Å²) in [5.74, 6) is -1.93. The van der Waals surface area contributed by atoms with Crippen molar-refractivity contribution in [2.45, 2.75) is 0 Å². The zero-order chi connectivity index (χ0) is 10.1. The fourth-order valence-electron chi connectivity index (χ4n) is 0.380. The van der Waals surface area contributed by atoms with Crippen molar-refractivity contribution >= 4 is 11.9 Å². The highest BCUT2D eigenvalue weighted by molar-refractivity contribution is 5.92. The predicted octanol–water partition coefficient (Wildman–Crippen LogP) is 0.392. The lowest BCUT2D eigenvalue weighted by Gasteiger charge is -1.75. The maximum absolute atomic E-state index is 9.78. The van der Waals surface area contributed by atoms with E-state index in [4.69, 9.17) is 5.11 Å². The number of aliphatic carboxylic acids is 1. The van der Waals surface area contributed by atoms with Crippen LogP contribution in [0, 0.1) is 0 Å². The normalized spacial score (nSPS) is 8.92. The maximum Gasteiger partial charge on any atom is 0.328 e. The Kier molecular flexibility index (Phi) is 5.61. The molecule has 70 valence electrons.